The Hall–Kier alpha value is -2.86. The summed E-state index contributed by atoms with van der Waals surface area (Å²) in [5, 5.41) is 4.68. The lowest BCUT2D eigenvalue weighted by Gasteiger charge is -2.31. The number of fused-ring (bicyclic) bond motifs is 1. The van der Waals surface area contributed by atoms with E-state index < -0.39 is 0 Å². The molecule has 28 heavy (non-hydrogen) atoms. The van der Waals surface area contributed by atoms with Gasteiger partial charge in [0.2, 0.25) is 0 Å². The molecule has 6 nitrogen and oxygen atoms in total. The molecular weight excluding hydrogens is 348 g/mol. The van der Waals surface area contributed by atoms with Crippen molar-refractivity contribution < 1.29 is 0 Å². The Bertz CT molecular complexity index is 947. The monoisotopic (exact) mass is 376 g/mol. The number of pyridine rings is 2. The van der Waals surface area contributed by atoms with Crippen molar-refractivity contribution in [2.24, 2.45) is 0 Å². The molecular formula is C22H28N6. The Morgan fingerprint density at radius 2 is 2.00 bits per heavy atom. The van der Waals surface area contributed by atoms with Crippen molar-refractivity contribution in [2.45, 2.75) is 12.8 Å². The van der Waals surface area contributed by atoms with Crippen molar-refractivity contribution in [3.63, 3.8) is 0 Å². The third-order valence-electron chi connectivity index (χ3n) is 5.16. The number of nitrogens with one attached hydrogen (secondary N) is 1. The minimum absolute atomic E-state index is 0.724. The first-order valence-corrected chi connectivity index (χ1v) is 9.90. The highest BCUT2D eigenvalue weighted by molar-refractivity contribution is 5.95. The summed E-state index contributed by atoms with van der Waals surface area (Å²) in [5.74, 6) is 1.04. The smallest absolute Gasteiger partial charge is 0.128 e. The average Bonchev–Trinajstić information content (AvgIpc) is 2.63. The molecule has 0 radical (unpaired) electrons. The second-order valence-corrected chi connectivity index (χ2v) is 7.66. The molecule has 1 aliphatic heterocycles. The summed E-state index contributed by atoms with van der Waals surface area (Å²) in [7, 11) is 4.19. The first kappa shape index (κ1) is 18.5. The minimum Gasteiger partial charge on any atom is -0.399 e. The molecule has 0 aliphatic carbocycles. The quantitative estimate of drug-likeness (QED) is 0.486. The molecule has 6 heteroatoms. The maximum atomic E-state index is 6.01. The summed E-state index contributed by atoms with van der Waals surface area (Å²) in [5.41, 5.74) is 10.7. The Labute approximate surface area is 166 Å². The SMILES string of the molecule is CN(C)CCCNc1cc(-c2ccc(N3CCC3)nc2)nc2cc(N)ccc12. The molecule has 0 unspecified atom stereocenters. The molecule has 1 fully saturated rings. The fourth-order valence-electron chi connectivity index (χ4n) is 3.43. The molecule has 1 aromatic carbocycles. The first-order chi connectivity index (χ1) is 13.6. The first-order valence-electron chi connectivity index (χ1n) is 9.90. The lowest BCUT2D eigenvalue weighted by atomic mass is 10.1. The van der Waals surface area contributed by atoms with Crippen LogP contribution in [0.2, 0.25) is 0 Å². The number of nitrogen functional groups attached to an aromatic ring is 1. The van der Waals surface area contributed by atoms with Crippen molar-refractivity contribution in [3.8, 4) is 11.3 Å². The van der Waals surface area contributed by atoms with Crippen molar-refractivity contribution in [3.05, 3.63) is 42.6 Å². The lowest BCUT2D eigenvalue weighted by Crippen LogP contribution is -2.37. The molecule has 0 bridgehead atoms. The summed E-state index contributed by atoms with van der Waals surface area (Å²) >= 11 is 0. The number of anilines is 3. The lowest BCUT2D eigenvalue weighted by molar-refractivity contribution is 0.405. The second kappa shape index (κ2) is 8.02. The van der Waals surface area contributed by atoms with Gasteiger partial charge in [-0.25, -0.2) is 9.97 Å². The highest BCUT2D eigenvalue weighted by Gasteiger charge is 2.16. The van der Waals surface area contributed by atoms with E-state index >= 15 is 0 Å². The van der Waals surface area contributed by atoms with E-state index in [4.69, 9.17) is 10.7 Å². The van der Waals surface area contributed by atoms with Gasteiger partial charge in [-0.2, -0.15) is 0 Å². The van der Waals surface area contributed by atoms with Gasteiger partial charge < -0.3 is 20.9 Å². The van der Waals surface area contributed by atoms with Crippen LogP contribution < -0.4 is 16.0 Å². The van der Waals surface area contributed by atoms with Gasteiger partial charge in [-0.3, -0.25) is 0 Å². The Kier molecular flexibility index (Phi) is 5.30. The number of hydrogen-bond acceptors (Lipinski definition) is 6. The Balaban J connectivity index is 1.63. The number of rotatable bonds is 7. The fraction of sp³-hybridized carbons (Fsp3) is 0.364. The van der Waals surface area contributed by atoms with Gasteiger partial charge in [0.1, 0.15) is 5.82 Å². The summed E-state index contributed by atoms with van der Waals surface area (Å²) in [6, 6.07) is 12.2. The van der Waals surface area contributed by atoms with Crippen molar-refractivity contribution >= 4 is 28.1 Å². The summed E-state index contributed by atoms with van der Waals surface area (Å²) in [6.45, 7) is 4.16. The van der Waals surface area contributed by atoms with Crippen LogP contribution in [0.1, 0.15) is 12.8 Å². The van der Waals surface area contributed by atoms with Gasteiger partial charge in [0, 0.05) is 48.2 Å². The number of nitrogens with two attached hydrogens (primary N) is 1. The van der Waals surface area contributed by atoms with Gasteiger partial charge in [0.15, 0.2) is 0 Å². The molecule has 1 saturated heterocycles. The summed E-state index contributed by atoms with van der Waals surface area (Å²) < 4.78 is 0. The molecule has 3 N–H and O–H groups in total. The minimum atomic E-state index is 0.724. The Morgan fingerprint density at radius 1 is 1.14 bits per heavy atom. The van der Waals surface area contributed by atoms with Crippen LogP contribution in [0.25, 0.3) is 22.2 Å². The maximum Gasteiger partial charge on any atom is 0.128 e. The standard InChI is InChI=1S/C22H28N6/c1-27(2)10-3-9-24-20-14-19(26-21-13-17(23)6-7-18(20)21)16-5-8-22(25-15-16)28-11-4-12-28/h5-8,13-15H,3-4,9-12,23H2,1-2H3,(H,24,26). The molecule has 0 saturated carbocycles. The zero-order valence-corrected chi connectivity index (χ0v) is 16.7. The number of hydrogen-bond donors (Lipinski definition) is 2. The normalized spacial score (nSPS) is 13.8. The number of benzene rings is 1. The van der Waals surface area contributed by atoms with Crippen LogP contribution in [-0.4, -0.2) is 55.1 Å². The topological polar surface area (TPSA) is 70.3 Å². The van der Waals surface area contributed by atoms with E-state index in [1.54, 1.807) is 0 Å². The highest BCUT2D eigenvalue weighted by atomic mass is 15.2. The molecule has 3 heterocycles. The van der Waals surface area contributed by atoms with E-state index in [1.807, 2.05) is 24.4 Å². The predicted octanol–water partition coefficient (Wildman–Crippen LogP) is 3.45. The van der Waals surface area contributed by atoms with E-state index in [9.17, 15) is 0 Å². The molecule has 1 aliphatic rings. The van der Waals surface area contributed by atoms with Crippen molar-refractivity contribution in [1.82, 2.24) is 14.9 Å². The third-order valence-corrected chi connectivity index (χ3v) is 5.16. The Morgan fingerprint density at radius 3 is 2.68 bits per heavy atom. The van der Waals surface area contributed by atoms with Crippen LogP contribution in [-0.2, 0) is 0 Å². The van der Waals surface area contributed by atoms with Crippen LogP contribution in [0.4, 0.5) is 17.2 Å². The average molecular weight is 377 g/mol. The molecule has 3 aromatic rings. The predicted molar refractivity (Wildman–Crippen MR) is 118 cm³/mol. The van der Waals surface area contributed by atoms with Crippen LogP contribution in [0.5, 0.6) is 0 Å². The zero-order chi connectivity index (χ0) is 19.5. The van der Waals surface area contributed by atoms with Gasteiger partial charge in [-0.15, -0.1) is 0 Å². The van der Waals surface area contributed by atoms with Crippen molar-refractivity contribution in [1.29, 1.82) is 0 Å². The van der Waals surface area contributed by atoms with Gasteiger partial charge in [-0.05, 0) is 69.9 Å². The zero-order valence-electron chi connectivity index (χ0n) is 16.7. The van der Waals surface area contributed by atoms with E-state index in [0.29, 0.717) is 0 Å². The largest absolute Gasteiger partial charge is 0.399 e. The number of nitrogens with zero attached hydrogens (tertiary/aromatic N) is 4. The van der Waals surface area contributed by atoms with Crippen LogP contribution in [0, 0.1) is 0 Å². The van der Waals surface area contributed by atoms with Crippen LogP contribution >= 0.6 is 0 Å². The molecule has 146 valence electrons. The van der Waals surface area contributed by atoms with Gasteiger partial charge in [-0.1, -0.05) is 0 Å². The second-order valence-electron chi connectivity index (χ2n) is 7.66. The molecule has 4 rings (SSSR count). The molecule has 2 aromatic heterocycles. The van der Waals surface area contributed by atoms with Gasteiger partial charge in [0.05, 0.1) is 11.2 Å². The third kappa shape index (κ3) is 4.02. The fourth-order valence-corrected chi connectivity index (χ4v) is 3.43. The van der Waals surface area contributed by atoms with E-state index in [0.717, 1.165) is 72.0 Å². The number of aromatic nitrogens is 2. The highest BCUT2D eigenvalue weighted by Crippen LogP contribution is 2.30. The van der Waals surface area contributed by atoms with E-state index in [1.165, 1.54) is 6.42 Å². The molecule has 0 spiro atoms. The summed E-state index contributed by atoms with van der Waals surface area (Å²) in [6.07, 6.45) is 4.25. The van der Waals surface area contributed by atoms with Crippen LogP contribution in [0.3, 0.4) is 0 Å². The maximum absolute atomic E-state index is 6.01. The van der Waals surface area contributed by atoms with E-state index in [2.05, 4.69) is 52.4 Å². The van der Waals surface area contributed by atoms with Crippen LogP contribution in [0.15, 0.2) is 42.6 Å². The summed E-state index contributed by atoms with van der Waals surface area (Å²) in [4.78, 5) is 14.0. The van der Waals surface area contributed by atoms with Gasteiger partial charge >= 0.3 is 0 Å². The van der Waals surface area contributed by atoms with Crippen molar-refractivity contribution in [2.75, 3.05) is 56.2 Å². The molecule has 0 amide bonds. The van der Waals surface area contributed by atoms with Gasteiger partial charge in [0.25, 0.3) is 0 Å². The van der Waals surface area contributed by atoms with E-state index in [-0.39, 0.29) is 0 Å². The molecule has 0 atom stereocenters.